The Hall–Kier alpha value is 0.705. The second-order valence-electron chi connectivity index (χ2n) is 3.06. The molecule has 14 heavy (non-hydrogen) atoms. The van der Waals surface area contributed by atoms with Crippen molar-refractivity contribution < 1.29 is 66.6 Å². The first-order valence-electron chi connectivity index (χ1n) is 3.99. The summed E-state index contributed by atoms with van der Waals surface area (Å²) < 4.78 is 25.8. The average molecular weight is 283 g/mol. The van der Waals surface area contributed by atoms with Crippen LogP contribution in [0.3, 0.4) is 0 Å². The molecule has 0 unspecified atom stereocenters. The molecule has 0 aromatic carbocycles. The molecular formula is C8H9N2O2RbS. The van der Waals surface area contributed by atoms with Crippen LogP contribution in [-0.2, 0) is 16.4 Å². The Labute approximate surface area is 132 Å². The van der Waals surface area contributed by atoms with E-state index < -0.39 is 10.0 Å². The molecular weight excluding hydrogens is 274 g/mol. The number of sulfonamides is 1. The third kappa shape index (κ3) is 2.63. The summed E-state index contributed by atoms with van der Waals surface area (Å²) in [6, 6.07) is 1.87. The van der Waals surface area contributed by atoms with Crippen LogP contribution in [0.5, 0.6) is 0 Å². The fraction of sp³-hybridized carbons (Fsp3) is 0.375. The van der Waals surface area contributed by atoms with Gasteiger partial charge in [-0.2, -0.15) is 0 Å². The molecule has 0 N–H and O–H groups in total. The van der Waals surface area contributed by atoms with Crippen LogP contribution in [0.4, 0.5) is 5.82 Å². The van der Waals surface area contributed by atoms with E-state index in [0.717, 1.165) is 11.1 Å². The summed E-state index contributed by atoms with van der Waals surface area (Å²) in [5, 5.41) is 0. The van der Waals surface area contributed by atoms with Crippen LogP contribution in [0.1, 0.15) is 11.1 Å². The third-order valence-corrected chi connectivity index (χ3v) is 3.27. The van der Waals surface area contributed by atoms with E-state index in [1.54, 1.807) is 6.20 Å². The minimum absolute atomic E-state index is 0. The molecule has 0 saturated heterocycles. The van der Waals surface area contributed by atoms with Gasteiger partial charge in [0.15, 0.2) is 10.0 Å². The zero-order valence-corrected chi connectivity index (χ0v) is 13.9. The monoisotopic (exact) mass is 282 g/mol. The number of hydrogen-bond donors (Lipinski definition) is 0. The predicted octanol–water partition coefficient (Wildman–Crippen LogP) is -1.71. The van der Waals surface area contributed by atoms with Gasteiger partial charge in [-0.3, -0.25) is 0 Å². The smallest absolute Gasteiger partial charge is 0.442 e. The molecule has 0 bridgehead atoms. The topological polar surface area (TPSA) is 61.1 Å². The molecule has 0 atom stereocenters. The second-order valence-corrected chi connectivity index (χ2v) is 4.81. The Morgan fingerprint density at radius 1 is 1.50 bits per heavy atom. The van der Waals surface area contributed by atoms with E-state index in [-0.39, 0.29) is 63.9 Å². The summed E-state index contributed by atoms with van der Waals surface area (Å²) >= 11 is 0. The molecule has 0 aliphatic carbocycles. The molecule has 6 heteroatoms. The summed E-state index contributed by atoms with van der Waals surface area (Å²) in [4.78, 5) is 3.93. The Balaban J connectivity index is 0.000000980. The molecule has 1 aliphatic heterocycles. The van der Waals surface area contributed by atoms with Crippen molar-refractivity contribution in [3.8, 4) is 0 Å². The van der Waals surface area contributed by atoms with Gasteiger partial charge in [0, 0.05) is 0 Å². The van der Waals surface area contributed by atoms with Crippen LogP contribution in [0.2, 0.25) is 0 Å². The fourth-order valence-corrected chi connectivity index (χ4v) is 2.34. The maximum absolute atomic E-state index is 11.1. The normalized spacial score (nSPS) is 17.5. The molecule has 1 aromatic heterocycles. The summed E-state index contributed by atoms with van der Waals surface area (Å²) in [6.45, 7) is 1.94. The molecule has 1 aromatic rings. The van der Waals surface area contributed by atoms with E-state index in [0.29, 0.717) is 12.2 Å². The van der Waals surface area contributed by atoms with Crippen LogP contribution < -0.4 is 58.2 Å². The zero-order chi connectivity index (χ0) is 9.47. The van der Waals surface area contributed by atoms with Crippen LogP contribution in [0.25, 0.3) is 4.72 Å². The molecule has 2 rings (SSSR count). The summed E-state index contributed by atoms with van der Waals surface area (Å²) in [5.74, 6) is 0.471. The third-order valence-electron chi connectivity index (χ3n) is 2.10. The van der Waals surface area contributed by atoms with Crippen LogP contribution in [0, 0.1) is 6.92 Å². The maximum Gasteiger partial charge on any atom is 1.00 e. The SMILES string of the molecule is Cc1ccnc2c1CCS(=O)(=O)[N-]2.[Rb+]. The Morgan fingerprint density at radius 3 is 2.93 bits per heavy atom. The van der Waals surface area contributed by atoms with Gasteiger partial charge in [0.05, 0.1) is 5.75 Å². The largest absolute Gasteiger partial charge is 1.00 e. The van der Waals surface area contributed by atoms with Gasteiger partial charge in [0.2, 0.25) is 0 Å². The Bertz CT molecular complexity index is 445. The van der Waals surface area contributed by atoms with E-state index in [1.165, 1.54) is 0 Å². The van der Waals surface area contributed by atoms with Crippen molar-refractivity contribution in [2.24, 2.45) is 0 Å². The number of fused-ring (bicyclic) bond motifs is 1. The quantitative estimate of drug-likeness (QED) is 0.569. The van der Waals surface area contributed by atoms with Crippen molar-refractivity contribution in [3.05, 3.63) is 28.1 Å². The molecule has 2 heterocycles. The molecule has 0 spiro atoms. The van der Waals surface area contributed by atoms with Crippen LogP contribution in [0.15, 0.2) is 12.3 Å². The minimum Gasteiger partial charge on any atom is -0.442 e. The van der Waals surface area contributed by atoms with Crippen molar-refractivity contribution >= 4 is 15.8 Å². The Morgan fingerprint density at radius 2 is 2.21 bits per heavy atom. The van der Waals surface area contributed by atoms with E-state index in [4.69, 9.17) is 0 Å². The minimum atomic E-state index is -3.25. The fourth-order valence-electron chi connectivity index (χ4n) is 1.37. The molecule has 70 valence electrons. The number of hydrogen-bond acceptors (Lipinski definition) is 3. The van der Waals surface area contributed by atoms with E-state index in [2.05, 4.69) is 9.71 Å². The van der Waals surface area contributed by atoms with Gasteiger partial charge in [-0.15, -0.1) is 0 Å². The zero-order valence-electron chi connectivity index (χ0n) is 8.19. The first-order chi connectivity index (χ1) is 6.08. The van der Waals surface area contributed by atoms with Crippen molar-refractivity contribution in [1.82, 2.24) is 4.98 Å². The van der Waals surface area contributed by atoms with Gasteiger partial charge in [0.1, 0.15) is 0 Å². The Kier molecular flexibility index (Phi) is 4.28. The van der Waals surface area contributed by atoms with Gasteiger partial charge < -0.3 is 9.71 Å². The molecule has 0 saturated carbocycles. The maximum atomic E-state index is 11.1. The summed E-state index contributed by atoms with van der Waals surface area (Å²) in [7, 11) is -3.25. The standard InChI is InChI=1S/C8H9N2O2S.Rb/c1-6-2-4-9-8-7(6)3-5-13(11,12)10-8;/h2,4H,3,5H2,1H3;/q-1;+1. The molecule has 0 radical (unpaired) electrons. The van der Waals surface area contributed by atoms with Gasteiger partial charge in [-0.05, 0) is 30.3 Å². The molecule has 0 amide bonds. The van der Waals surface area contributed by atoms with Gasteiger partial charge in [0.25, 0.3) is 0 Å². The first kappa shape index (κ1) is 12.8. The van der Waals surface area contributed by atoms with Crippen molar-refractivity contribution in [1.29, 1.82) is 0 Å². The van der Waals surface area contributed by atoms with Crippen LogP contribution >= 0.6 is 0 Å². The summed E-state index contributed by atoms with van der Waals surface area (Å²) in [6.07, 6.45) is 2.11. The number of nitrogens with zero attached hydrogens (tertiary/aromatic N) is 2. The van der Waals surface area contributed by atoms with Gasteiger partial charge >= 0.3 is 58.2 Å². The van der Waals surface area contributed by atoms with Crippen LogP contribution in [-0.4, -0.2) is 19.2 Å². The molecule has 4 nitrogen and oxygen atoms in total. The number of pyridine rings is 1. The van der Waals surface area contributed by atoms with Gasteiger partial charge in [-0.25, -0.2) is 8.42 Å². The summed E-state index contributed by atoms with van der Waals surface area (Å²) in [5.41, 5.74) is 2.01. The number of rotatable bonds is 0. The van der Waals surface area contributed by atoms with E-state index in [1.807, 2.05) is 13.0 Å². The van der Waals surface area contributed by atoms with Crippen molar-refractivity contribution in [2.45, 2.75) is 13.3 Å². The van der Waals surface area contributed by atoms with Gasteiger partial charge in [-0.1, -0.05) is 12.3 Å². The van der Waals surface area contributed by atoms with E-state index in [9.17, 15) is 8.42 Å². The van der Waals surface area contributed by atoms with Crippen molar-refractivity contribution in [3.63, 3.8) is 0 Å². The second kappa shape index (κ2) is 4.70. The number of aryl methyl sites for hydroxylation is 1. The number of aromatic nitrogens is 1. The molecule has 1 aliphatic rings. The van der Waals surface area contributed by atoms with E-state index >= 15 is 0 Å². The average Bonchev–Trinajstić information content (AvgIpc) is 2.02. The first-order valence-corrected chi connectivity index (χ1v) is 5.59. The molecule has 0 fully saturated rings. The predicted molar refractivity (Wildman–Crippen MR) is 49.5 cm³/mol. The van der Waals surface area contributed by atoms with Crippen molar-refractivity contribution in [2.75, 3.05) is 5.75 Å².